The Hall–Kier alpha value is -2.70. The summed E-state index contributed by atoms with van der Waals surface area (Å²) in [5.74, 6) is -1.37. The molecule has 0 radical (unpaired) electrons. The zero-order valence-corrected chi connectivity index (χ0v) is 15.0. The summed E-state index contributed by atoms with van der Waals surface area (Å²) in [5, 5.41) is -0.181. The quantitative estimate of drug-likeness (QED) is 0.133. The van der Waals surface area contributed by atoms with Crippen LogP contribution in [0.1, 0.15) is 28.8 Å². The van der Waals surface area contributed by atoms with Crippen LogP contribution in [0.5, 0.6) is 5.88 Å². The van der Waals surface area contributed by atoms with Crippen molar-refractivity contribution in [2.24, 2.45) is 0 Å². The van der Waals surface area contributed by atoms with E-state index < -0.39 is 17.6 Å². The smallest absolute Gasteiger partial charge is 0.422 e. The Morgan fingerprint density at radius 1 is 1.48 bits per heavy atom. The predicted molar refractivity (Wildman–Crippen MR) is 91.9 cm³/mol. The summed E-state index contributed by atoms with van der Waals surface area (Å²) in [6.45, 7) is 4.07. The monoisotopic (exact) mass is 366 g/mol. The molecule has 134 valence electrons. The van der Waals surface area contributed by atoms with Gasteiger partial charge in [-0.2, -0.15) is 4.79 Å². The lowest BCUT2D eigenvalue weighted by Crippen LogP contribution is -2.31. The second-order valence-corrected chi connectivity index (χ2v) is 5.33. The molecule has 8 nitrogen and oxygen atoms in total. The van der Waals surface area contributed by atoms with Crippen LogP contribution in [0, 0.1) is 0 Å². The predicted octanol–water partition coefficient (Wildman–Crippen LogP) is 1.97. The van der Waals surface area contributed by atoms with Crippen molar-refractivity contribution in [3.05, 3.63) is 40.5 Å². The van der Waals surface area contributed by atoms with E-state index in [1.165, 1.54) is 18.1 Å². The molecule has 0 N–H and O–H groups in total. The molecule has 1 heterocycles. The van der Waals surface area contributed by atoms with E-state index >= 15 is 0 Å². The number of hydrogen-bond donors (Lipinski definition) is 0. The van der Waals surface area contributed by atoms with Crippen molar-refractivity contribution < 1.29 is 23.9 Å². The van der Waals surface area contributed by atoms with Crippen molar-refractivity contribution in [2.75, 3.05) is 27.8 Å². The van der Waals surface area contributed by atoms with Gasteiger partial charge >= 0.3 is 11.7 Å². The molecule has 0 spiro atoms. The summed E-state index contributed by atoms with van der Waals surface area (Å²) < 4.78 is 9.57. The van der Waals surface area contributed by atoms with Gasteiger partial charge in [-0.1, -0.05) is 17.7 Å². The van der Waals surface area contributed by atoms with Gasteiger partial charge in [0, 0.05) is 19.7 Å². The lowest BCUT2D eigenvalue weighted by Gasteiger charge is -2.18. The fourth-order valence-corrected chi connectivity index (χ4v) is 2.32. The zero-order chi connectivity index (χ0) is 19.0. The van der Waals surface area contributed by atoms with Crippen LogP contribution in [0.3, 0.4) is 0 Å². The summed E-state index contributed by atoms with van der Waals surface area (Å²) in [6, 6.07) is 1.28. The van der Waals surface area contributed by atoms with Crippen LogP contribution in [0.2, 0.25) is 5.15 Å². The number of allylic oxidation sites excluding steroid dienone is 1. The number of hydrogen-bond acceptors (Lipinski definition) is 5. The molecule has 0 aromatic carbocycles. The number of pyridine rings is 1. The van der Waals surface area contributed by atoms with E-state index in [9.17, 15) is 15.1 Å². The minimum Gasteiger partial charge on any atom is -0.481 e. The van der Waals surface area contributed by atoms with E-state index in [1.54, 1.807) is 13.1 Å². The van der Waals surface area contributed by atoms with Gasteiger partial charge in [0.1, 0.15) is 5.15 Å². The molecule has 0 fully saturated rings. The van der Waals surface area contributed by atoms with Gasteiger partial charge in [0.2, 0.25) is 5.88 Å². The Labute approximate surface area is 150 Å². The molecule has 25 heavy (non-hydrogen) atoms. The summed E-state index contributed by atoms with van der Waals surface area (Å²) in [6.07, 6.45) is 3.20. The number of nitrogens with zero attached hydrogens (tertiary/aromatic N) is 4. The highest BCUT2D eigenvalue weighted by Crippen LogP contribution is 2.25. The minimum atomic E-state index is -0.935. The molecule has 0 unspecified atom stereocenters. The van der Waals surface area contributed by atoms with Crippen LogP contribution in [0.15, 0.2) is 18.7 Å². The second kappa shape index (κ2) is 9.56. The molecule has 1 aromatic rings. The molecule has 0 atom stereocenters. The molecule has 1 amide bonds. The van der Waals surface area contributed by atoms with Gasteiger partial charge in [0.05, 0.1) is 25.3 Å². The number of ether oxygens (including phenoxy) is 2. The zero-order valence-electron chi connectivity index (χ0n) is 14.3. The Kier molecular flexibility index (Phi) is 7.78. The van der Waals surface area contributed by atoms with Gasteiger partial charge in [-0.3, -0.25) is 4.79 Å². The van der Waals surface area contributed by atoms with Gasteiger partial charge < -0.3 is 19.9 Å². The molecule has 9 heteroatoms. The highest BCUT2D eigenvalue weighted by Gasteiger charge is 2.33. The molecular weight excluding hydrogens is 348 g/mol. The number of unbranched alkanes of at least 4 members (excludes halogenated alkanes) is 1. The highest BCUT2D eigenvalue weighted by molar-refractivity contribution is 6.43. The van der Waals surface area contributed by atoms with Crippen molar-refractivity contribution in [1.82, 2.24) is 9.88 Å². The number of rotatable bonds is 8. The van der Waals surface area contributed by atoms with E-state index in [4.69, 9.17) is 16.3 Å². The molecule has 0 saturated heterocycles. The van der Waals surface area contributed by atoms with E-state index in [0.717, 1.165) is 13.5 Å². The topological polar surface area (TPSA) is 105 Å². The summed E-state index contributed by atoms with van der Waals surface area (Å²) in [5.41, 5.74) is 8.60. The third-order valence-electron chi connectivity index (χ3n) is 3.36. The Morgan fingerprint density at radius 3 is 2.68 bits per heavy atom. The van der Waals surface area contributed by atoms with Crippen molar-refractivity contribution in [3.8, 4) is 5.88 Å². The van der Waals surface area contributed by atoms with Gasteiger partial charge in [0.15, 0.2) is 0 Å². The maximum absolute atomic E-state index is 12.8. The van der Waals surface area contributed by atoms with Crippen LogP contribution in [-0.2, 0) is 9.53 Å². The lowest BCUT2D eigenvalue weighted by atomic mass is 10.0. The molecule has 0 aliphatic heterocycles. The van der Waals surface area contributed by atoms with Crippen LogP contribution >= 0.6 is 11.6 Å². The summed E-state index contributed by atoms with van der Waals surface area (Å²) in [7, 11) is 4.05. The Bertz CT molecular complexity index is 729. The second-order valence-electron chi connectivity index (χ2n) is 4.98. The van der Waals surface area contributed by atoms with Crippen LogP contribution in [0.25, 0.3) is 5.53 Å². The van der Waals surface area contributed by atoms with Gasteiger partial charge in [-0.15, -0.1) is 6.58 Å². The van der Waals surface area contributed by atoms with E-state index in [2.05, 4.69) is 21.1 Å². The third-order valence-corrected chi connectivity index (χ3v) is 3.63. The standard InChI is InChI=1S/C16H19ClN4O4/c1-5-6-7-8-21(2)15(22)12-10(13(20-18)16(23)25-4)9-11(24-3)19-14(12)17/h5,9H,1,6-8H2,2-4H3. The first-order valence-electron chi connectivity index (χ1n) is 7.32. The minimum absolute atomic E-state index is 0.0354. The Balaban J connectivity index is 3.43. The van der Waals surface area contributed by atoms with Crippen LogP contribution in [0.4, 0.5) is 0 Å². The number of esters is 1. The van der Waals surface area contributed by atoms with Crippen LogP contribution < -0.4 is 4.74 Å². The van der Waals surface area contributed by atoms with E-state index in [0.29, 0.717) is 13.0 Å². The fraction of sp³-hybridized carbons (Fsp3) is 0.375. The normalized spacial score (nSPS) is 9.76. The number of halogens is 1. The van der Waals surface area contributed by atoms with Crippen LogP contribution in [-0.4, -0.2) is 60.1 Å². The summed E-state index contributed by atoms with van der Waals surface area (Å²) >= 11 is 6.12. The SMILES string of the molecule is C=CCCCN(C)C(=O)c1c(C(=[N+]=[N-])C(=O)OC)cc(OC)nc1Cl. The largest absolute Gasteiger partial charge is 0.481 e. The highest BCUT2D eigenvalue weighted by atomic mass is 35.5. The fourth-order valence-electron chi connectivity index (χ4n) is 2.05. The van der Waals surface area contributed by atoms with Crippen molar-refractivity contribution in [3.63, 3.8) is 0 Å². The van der Waals surface area contributed by atoms with Gasteiger partial charge in [0.25, 0.3) is 5.91 Å². The molecule has 1 rings (SSSR count). The maximum Gasteiger partial charge on any atom is 0.422 e. The van der Waals surface area contributed by atoms with Crippen molar-refractivity contribution in [2.45, 2.75) is 12.8 Å². The van der Waals surface area contributed by atoms with E-state index in [-0.39, 0.29) is 22.2 Å². The first-order valence-corrected chi connectivity index (χ1v) is 7.70. The van der Waals surface area contributed by atoms with Gasteiger partial charge in [-0.05, 0) is 12.8 Å². The Morgan fingerprint density at radius 2 is 2.16 bits per heavy atom. The third kappa shape index (κ3) is 4.89. The summed E-state index contributed by atoms with van der Waals surface area (Å²) in [4.78, 5) is 32.9. The number of aromatic nitrogens is 1. The average Bonchev–Trinajstić information content (AvgIpc) is 2.61. The van der Waals surface area contributed by atoms with Crippen molar-refractivity contribution in [1.29, 1.82) is 0 Å². The molecule has 0 aliphatic carbocycles. The lowest BCUT2D eigenvalue weighted by molar-refractivity contribution is -0.137. The number of carbonyl (C=O) groups excluding carboxylic acids is 2. The first-order chi connectivity index (χ1) is 11.9. The molecule has 0 aliphatic rings. The molecular formula is C16H19ClN4O4. The first kappa shape index (κ1) is 20.3. The van der Waals surface area contributed by atoms with Gasteiger partial charge in [-0.25, -0.2) is 9.78 Å². The van der Waals surface area contributed by atoms with Crippen molar-refractivity contribution >= 4 is 29.2 Å². The average molecular weight is 367 g/mol. The molecule has 0 bridgehead atoms. The number of methoxy groups -OCH3 is 2. The molecule has 0 saturated carbocycles. The van der Waals surface area contributed by atoms with E-state index in [1.807, 2.05) is 0 Å². The molecule has 1 aromatic heterocycles. The number of amides is 1. The number of carbonyl (C=O) groups is 2. The maximum atomic E-state index is 12.8.